The van der Waals surface area contributed by atoms with Crippen LogP contribution < -0.4 is 0 Å². The molecule has 0 bridgehead atoms. The molecule has 2 aromatic carbocycles. The van der Waals surface area contributed by atoms with Crippen LogP contribution in [0.4, 0.5) is 8.78 Å². The van der Waals surface area contributed by atoms with Gasteiger partial charge in [-0.1, -0.05) is 6.07 Å². The van der Waals surface area contributed by atoms with E-state index >= 15 is 0 Å². The molecule has 19 heavy (non-hydrogen) atoms. The molecular weight excluding hydrogens is 250 g/mol. The maximum Gasteiger partial charge on any atom is 0.338 e. The van der Waals surface area contributed by atoms with Crippen LogP contribution in [-0.2, 0) is 0 Å². The summed E-state index contributed by atoms with van der Waals surface area (Å²) in [6.45, 7) is 3.46. The van der Waals surface area contributed by atoms with Crippen LogP contribution >= 0.6 is 0 Å². The van der Waals surface area contributed by atoms with Gasteiger partial charge in [-0.25, -0.2) is 13.6 Å². The first kappa shape index (κ1) is 13.2. The summed E-state index contributed by atoms with van der Waals surface area (Å²) < 4.78 is 26.6. The van der Waals surface area contributed by atoms with Gasteiger partial charge in [0, 0.05) is 0 Å². The maximum atomic E-state index is 13.4. The molecule has 0 aliphatic rings. The van der Waals surface area contributed by atoms with Crippen molar-refractivity contribution in [2.75, 3.05) is 0 Å². The molecule has 0 spiro atoms. The molecule has 0 fully saturated rings. The van der Waals surface area contributed by atoms with Crippen LogP contribution in [0.15, 0.2) is 30.3 Å². The summed E-state index contributed by atoms with van der Waals surface area (Å²) >= 11 is 0. The highest BCUT2D eigenvalue weighted by Crippen LogP contribution is 2.29. The van der Waals surface area contributed by atoms with Gasteiger partial charge in [-0.05, 0) is 60.4 Å². The van der Waals surface area contributed by atoms with E-state index in [1.165, 1.54) is 24.3 Å². The van der Waals surface area contributed by atoms with Crippen molar-refractivity contribution in [2.45, 2.75) is 13.8 Å². The molecule has 0 atom stereocenters. The molecule has 0 amide bonds. The van der Waals surface area contributed by atoms with Gasteiger partial charge in [0.25, 0.3) is 0 Å². The van der Waals surface area contributed by atoms with Crippen molar-refractivity contribution in [2.24, 2.45) is 0 Å². The first-order valence-electron chi connectivity index (χ1n) is 5.70. The molecule has 0 radical (unpaired) electrons. The fourth-order valence-corrected chi connectivity index (χ4v) is 2.21. The molecule has 2 aromatic rings. The molecule has 0 aliphatic heterocycles. The predicted molar refractivity (Wildman–Crippen MR) is 68.2 cm³/mol. The lowest BCUT2D eigenvalue weighted by Gasteiger charge is -2.11. The van der Waals surface area contributed by atoms with Gasteiger partial charge in [-0.3, -0.25) is 0 Å². The zero-order chi connectivity index (χ0) is 14.2. The average molecular weight is 262 g/mol. The van der Waals surface area contributed by atoms with E-state index < -0.39 is 11.8 Å². The Kier molecular flexibility index (Phi) is 3.34. The molecule has 2 rings (SSSR count). The van der Waals surface area contributed by atoms with E-state index in [0.29, 0.717) is 16.7 Å². The van der Waals surface area contributed by atoms with Gasteiger partial charge >= 0.3 is 5.97 Å². The van der Waals surface area contributed by atoms with E-state index in [0.717, 1.165) is 11.6 Å². The van der Waals surface area contributed by atoms with E-state index in [4.69, 9.17) is 5.11 Å². The molecular formula is C15H12F2O2. The number of benzene rings is 2. The Labute approximate surface area is 109 Å². The highest BCUT2D eigenvalue weighted by atomic mass is 19.1. The smallest absolute Gasteiger partial charge is 0.338 e. The highest BCUT2D eigenvalue weighted by Gasteiger charge is 2.14. The van der Waals surface area contributed by atoms with E-state index in [2.05, 4.69) is 0 Å². The van der Waals surface area contributed by atoms with Crippen LogP contribution in [0.3, 0.4) is 0 Å². The van der Waals surface area contributed by atoms with Gasteiger partial charge in [0.2, 0.25) is 0 Å². The number of carbonyl (C=O) groups is 1. The van der Waals surface area contributed by atoms with Crippen LogP contribution in [0.25, 0.3) is 11.1 Å². The van der Waals surface area contributed by atoms with Crippen LogP contribution in [0.2, 0.25) is 0 Å². The number of carboxylic acid groups (broad SMARTS) is 1. The molecule has 98 valence electrons. The lowest BCUT2D eigenvalue weighted by atomic mass is 9.94. The Morgan fingerprint density at radius 2 is 1.63 bits per heavy atom. The molecule has 4 heteroatoms. The number of carboxylic acids is 1. The Balaban J connectivity index is 2.66. The maximum absolute atomic E-state index is 13.4. The van der Waals surface area contributed by atoms with Crippen molar-refractivity contribution >= 4 is 5.97 Å². The Morgan fingerprint density at radius 1 is 1.05 bits per heavy atom. The van der Waals surface area contributed by atoms with Gasteiger partial charge in [0.15, 0.2) is 0 Å². The first-order valence-corrected chi connectivity index (χ1v) is 5.70. The van der Waals surface area contributed by atoms with Crippen molar-refractivity contribution in [1.29, 1.82) is 0 Å². The monoisotopic (exact) mass is 262 g/mol. The number of rotatable bonds is 2. The zero-order valence-corrected chi connectivity index (χ0v) is 10.5. The van der Waals surface area contributed by atoms with Crippen LogP contribution in [0, 0.1) is 25.5 Å². The number of halogens is 2. The van der Waals surface area contributed by atoms with E-state index in [1.807, 2.05) is 0 Å². The number of aromatic carboxylic acids is 1. The molecule has 2 nitrogen and oxygen atoms in total. The van der Waals surface area contributed by atoms with Crippen molar-refractivity contribution in [3.05, 3.63) is 58.7 Å². The summed E-state index contributed by atoms with van der Waals surface area (Å²) in [5.41, 5.74) is 2.26. The van der Waals surface area contributed by atoms with Crippen LogP contribution in [0.5, 0.6) is 0 Å². The van der Waals surface area contributed by atoms with Gasteiger partial charge in [0.05, 0.1) is 5.56 Å². The topological polar surface area (TPSA) is 37.3 Å². The molecule has 0 unspecified atom stereocenters. The number of hydrogen-bond acceptors (Lipinski definition) is 1. The average Bonchev–Trinajstić information content (AvgIpc) is 2.29. The van der Waals surface area contributed by atoms with Crippen molar-refractivity contribution in [1.82, 2.24) is 0 Å². The SMILES string of the molecule is Cc1cc(F)cc(C)c1-c1ccc(F)c(C(=O)O)c1. The first-order chi connectivity index (χ1) is 8.90. The third-order valence-corrected chi connectivity index (χ3v) is 2.98. The quantitative estimate of drug-likeness (QED) is 0.889. The van der Waals surface area contributed by atoms with Crippen LogP contribution in [0.1, 0.15) is 21.5 Å². The lowest BCUT2D eigenvalue weighted by molar-refractivity contribution is 0.0692. The number of hydrogen-bond donors (Lipinski definition) is 1. The molecule has 0 saturated carbocycles. The summed E-state index contributed by atoms with van der Waals surface area (Å²) in [7, 11) is 0. The second-order valence-corrected chi connectivity index (χ2v) is 4.41. The molecule has 0 aliphatic carbocycles. The summed E-state index contributed by atoms with van der Waals surface area (Å²) in [5.74, 6) is -2.45. The highest BCUT2D eigenvalue weighted by molar-refractivity contribution is 5.90. The summed E-state index contributed by atoms with van der Waals surface area (Å²) in [5, 5.41) is 8.92. The third-order valence-electron chi connectivity index (χ3n) is 2.98. The summed E-state index contributed by atoms with van der Waals surface area (Å²) in [4.78, 5) is 10.9. The predicted octanol–water partition coefficient (Wildman–Crippen LogP) is 3.95. The van der Waals surface area contributed by atoms with Crippen molar-refractivity contribution in [3.63, 3.8) is 0 Å². The van der Waals surface area contributed by atoms with Gasteiger partial charge in [-0.15, -0.1) is 0 Å². The van der Waals surface area contributed by atoms with Crippen LogP contribution in [-0.4, -0.2) is 11.1 Å². The minimum absolute atomic E-state index is 0.348. The minimum atomic E-state index is -1.32. The van der Waals surface area contributed by atoms with Gasteiger partial charge in [0.1, 0.15) is 11.6 Å². The second-order valence-electron chi connectivity index (χ2n) is 4.41. The minimum Gasteiger partial charge on any atom is -0.478 e. The van der Waals surface area contributed by atoms with Gasteiger partial charge < -0.3 is 5.11 Å². The fourth-order valence-electron chi connectivity index (χ4n) is 2.21. The standard InChI is InChI=1S/C15H12F2O2/c1-8-5-11(16)6-9(2)14(8)10-3-4-13(17)12(7-10)15(18)19/h3-7H,1-2H3,(H,18,19). The van der Waals surface area contributed by atoms with Gasteiger partial charge in [-0.2, -0.15) is 0 Å². The second kappa shape index (κ2) is 4.80. The molecule has 0 aromatic heterocycles. The molecule has 0 heterocycles. The van der Waals surface area contributed by atoms with Crippen molar-refractivity contribution < 1.29 is 18.7 Å². The summed E-state index contributed by atoms with van der Waals surface area (Å²) in [6, 6.07) is 6.61. The largest absolute Gasteiger partial charge is 0.478 e. The zero-order valence-electron chi connectivity index (χ0n) is 10.5. The van der Waals surface area contributed by atoms with Crippen molar-refractivity contribution in [3.8, 4) is 11.1 Å². The van der Waals surface area contributed by atoms with E-state index in [9.17, 15) is 13.6 Å². The Hall–Kier alpha value is -2.23. The lowest BCUT2D eigenvalue weighted by Crippen LogP contribution is -2.01. The molecule has 1 N–H and O–H groups in total. The Morgan fingerprint density at radius 3 is 2.16 bits per heavy atom. The summed E-state index contributed by atoms with van der Waals surface area (Å²) in [6.07, 6.45) is 0. The fraction of sp³-hybridized carbons (Fsp3) is 0.133. The Bertz CT molecular complexity index is 640. The molecule has 0 saturated heterocycles. The normalized spacial score (nSPS) is 10.5. The number of aryl methyl sites for hydroxylation is 2. The van der Waals surface area contributed by atoms with E-state index in [-0.39, 0.29) is 11.4 Å². The third kappa shape index (κ3) is 2.47. The van der Waals surface area contributed by atoms with E-state index in [1.54, 1.807) is 13.8 Å².